The number of fused-ring (bicyclic) bond motifs is 3. The highest BCUT2D eigenvalue weighted by Crippen LogP contribution is 2.47. The number of carbonyl (C=O) groups excluding carboxylic acids is 1. The third-order valence-electron chi connectivity index (χ3n) is 10.4. The Labute approximate surface area is 250 Å². The summed E-state index contributed by atoms with van der Waals surface area (Å²) in [5.41, 5.74) is 1.91. The molecule has 0 unspecified atom stereocenters. The molecule has 1 spiro atoms. The van der Waals surface area contributed by atoms with Crippen molar-refractivity contribution in [2.24, 2.45) is 7.05 Å². The van der Waals surface area contributed by atoms with Gasteiger partial charge in [-0.05, 0) is 65.8 Å². The van der Waals surface area contributed by atoms with Crippen LogP contribution in [-0.4, -0.2) is 86.6 Å². The number of nitrogens with zero attached hydrogens (tertiary/aromatic N) is 6. The topological polar surface area (TPSA) is 127 Å². The average Bonchev–Trinajstić information content (AvgIpc) is 3.76. The van der Waals surface area contributed by atoms with Gasteiger partial charge < -0.3 is 18.7 Å². The molecule has 4 aliphatic rings. The van der Waals surface area contributed by atoms with E-state index in [1.165, 1.54) is 0 Å². The van der Waals surface area contributed by atoms with E-state index in [0.29, 0.717) is 48.1 Å². The van der Waals surface area contributed by atoms with Gasteiger partial charge in [-0.2, -0.15) is 4.98 Å². The zero-order valence-corrected chi connectivity index (χ0v) is 25.8. The lowest BCUT2D eigenvalue weighted by Crippen LogP contribution is -2.41. The van der Waals surface area contributed by atoms with Crippen LogP contribution in [0.2, 0.25) is 0 Å². The van der Waals surface area contributed by atoms with Crippen LogP contribution in [0, 0.1) is 0 Å². The van der Waals surface area contributed by atoms with Crippen LogP contribution < -0.4 is 10.4 Å². The van der Waals surface area contributed by atoms with Crippen LogP contribution in [0.25, 0.3) is 22.7 Å². The lowest BCUT2D eigenvalue weighted by Gasteiger charge is -2.37. The molecule has 12 heteroatoms. The van der Waals surface area contributed by atoms with Gasteiger partial charge in [-0.25, -0.2) is 9.78 Å². The van der Waals surface area contributed by atoms with Crippen LogP contribution in [0.5, 0.6) is 5.88 Å². The van der Waals surface area contributed by atoms with Crippen LogP contribution in [0.1, 0.15) is 82.5 Å². The predicted molar refractivity (Wildman–Crippen MR) is 157 cm³/mol. The molecule has 6 atom stereocenters. The van der Waals surface area contributed by atoms with Gasteiger partial charge in [0.1, 0.15) is 17.6 Å². The first-order valence-electron chi connectivity index (χ1n) is 15.7. The highest BCUT2D eigenvalue weighted by molar-refractivity contribution is 5.91. The number of ether oxygens (including phenoxy) is 3. The highest BCUT2D eigenvalue weighted by atomic mass is 16.5. The van der Waals surface area contributed by atoms with Crippen LogP contribution in [-0.2, 0) is 33.2 Å². The van der Waals surface area contributed by atoms with Crippen molar-refractivity contribution in [3.63, 3.8) is 0 Å². The second-order valence-corrected chi connectivity index (χ2v) is 13.1. The van der Waals surface area contributed by atoms with E-state index in [1.807, 2.05) is 13.8 Å². The fourth-order valence-electron chi connectivity index (χ4n) is 8.06. The smallest absolute Gasteiger partial charge is 0.330 e. The van der Waals surface area contributed by atoms with Crippen molar-refractivity contribution in [1.82, 2.24) is 29.2 Å². The number of likely N-dealkylation sites (N-methyl/N-ethyl adjacent to an activating group) is 1. The van der Waals surface area contributed by atoms with Gasteiger partial charge in [0, 0.05) is 38.7 Å². The molecule has 3 aromatic heterocycles. The number of carbonyl (C=O) groups is 1. The van der Waals surface area contributed by atoms with Gasteiger partial charge in [-0.1, -0.05) is 11.6 Å². The normalized spacial score (nSPS) is 30.4. The Balaban J connectivity index is 1.37. The van der Waals surface area contributed by atoms with Crippen molar-refractivity contribution in [3.8, 4) is 17.5 Å². The van der Waals surface area contributed by atoms with Gasteiger partial charge in [-0.15, -0.1) is 0 Å². The largest absolute Gasteiger partial charge is 0.471 e. The first kappa shape index (κ1) is 28.7. The SMILES string of the molecule is CO[C@@H]1C[C@@H]([C@H](C)Oc2nc(-c3onc4c3CCC[C@@]43CCCCC3=O)nc3c2n(C)c(=O)n3[C@H]2CO[C@@H](C)C2)N(C)C1. The van der Waals surface area contributed by atoms with E-state index in [2.05, 4.69) is 17.1 Å². The number of hydrogen-bond donors (Lipinski definition) is 0. The summed E-state index contributed by atoms with van der Waals surface area (Å²) >= 11 is 0. The van der Waals surface area contributed by atoms with Crippen LogP contribution >= 0.6 is 0 Å². The van der Waals surface area contributed by atoms with E-state index in [9.17, 15) is 9.59 Å². The number of rotatable bonds is 6. The molecule has 7 rings (SSSR count). The Morgan fingerprint density at radius 3 is 2.60 bits per heavy atom. The minimum atomic E-state index is -0.581. The minimum absolute atomic E-state index is 0.0429. The molecule has 232 valence electrons. The number of Topliss-reactive ketones (excluding diaryl/α,β-unsaturated/α-hetero) is 1. The molecule has 5 heterocycles. The number of aromatic nitrogens is 5. The highest BCUT2D eigenvalue weighted by Gasteiger charge is 2.48. The first-order chi connectivity index (χ1) is 20.7. The zero-order chi connectivity index (χ0) is 30.0. The molecular weight excluding hydrogens is 552 g/mol. The molecule has 0 radical (unpaired) electrons. The molecule has 12 nitrogen and oxygen atoms in total. The van der Waals surface area contributed by atoms with Gasteiger partial charge in [0.25, 0.3) is 0 Å². The second-order valence-electron chi connectivity index (χ2n) is 13.1. The molecule has 3 aromatic rings. The van der Waals surface area contributed by atoms with Crippen molar-refractivity contribution in [2.75, 3.05) is 27.3 Å². The Kier molecular flexibility index (Phi) is 7.21. The number of methoxy groups -OCH3 is 1. The summed E-state index contributed by atoms with van der Waals surface area (Å²) < 4.78 is 27.5. The van der Waals surface area contributed by atoms with Crippen molar-refractivity contribution < 1.29 is 23.5 Å². The summed E-state index contributed by atoms with van der Waals surface area (Å²) in [6, 6.07) is -0.0498. The Bertz CT molecular complexity index is 1610. The molecule has 2 saturated heterocycles. The molecule has 0 bridgehead atoms. The Hall–Kier alpha value is -3.09. The zero-order valence-electron chi connectivity index (χ0n) is 25.8. The lowest BCUT2D eigenvalue weighted by molar-refractivity contribution is -0.127. The predicted octanol–water partition coefficient (Wildman–Crippen LogP) is 3.34. The summed E-state index contributed by atoms with van der Waals surface area (Å²) in [5, 5.41) is 4.52. The quantitative estimate of drug-likeness (QED) is 0.419. The number of imidazole rings is 1. The Morgan fingerprint density at radius 2 is 1.88 bits per heavy atom. The molecule has 2 aliphatic heterocycles. The van der Waals surface area contributed by atoms with Gasteiger partial charge >= 0.3 is 5.69 Å². The number of aryl methyl sites for hydroxylation is 1. The third-order valence-corrected chi connectivity index (χ3v) is 10.4. The molecule has 0 amide bonds. The third kappa shape index (κ3) is 4.55. The van der Waals surface area contributed by atoms with E-state index < -0.39 is 5.41 Å². The van der Waals surface area contributed by atoms with E-state index in [0.717, 1.165) is 62.7 Å². The number of hydrogen-bond acceptors (Lipinski definition) is 10. The van der Waals surface area contributed by atoms with Gasteiger partial charge in [0.05, 0.1) is 30.3 Å². The second kappa shape index (κ2) is 10.8. The molecule has 3 fully saturated rings. The van der Waals surface area contributed by atoms with Crippen LogP contribution in [0.15, 0.2) is 9.32 Å². The molecular formula is C31H42N6O6. The summed E-state index contributed by atoms with van der Waals surface area (Å²) in [4.78, 5) is 39.2. The summed E-state index contributed by atoms with van der Waals surface area (Å²) in [7, 11) is 5.54. The van der Waals surface area contributed by atoms with Crippen LogP contribution in [0.3, 0.4) is 0 Å². The fourth-order valence-corrected chi connectivity index (χ4v) is 8.06. The molecule has 0 aromatic carbocycles. The van der Waals surface area contributed by atoms with Gasteiger partial charge in [-0.3, -0.25) is 18.8 Å². The summed E-state index contributed by atoms with van der Waals surface area (Å²) in [5.74, 6) is 1.38. The molecule has 43 heavy (non-hydrogen) atoms. The lowest BCUT2D eigenvalue weighted by atomic mass is 9.64. The first-order valence-corrected chi connectivity index (χ1v) is 15.7. The average molecular weight is 595 g/mol. The van der Waals surface area contributed by atoms with Crippen molar-refractivity contribution in [1.29, 1.82) is 0 Å². The van der Waals surface area contributed by atoms with Gasteiger partial charge in [0.15, 0.2) is 11.2 Å². The van der Waals surface area contributed by atoms with Crippen LogP contribution in [0.4, 0.5) is 0 Å². The maximum atomic E-state index is 13.7. The standard InChI is InChI=1S/C31H42N6O6/c1-17-13-19(16-41-17)37-28-24(36(4)30(37)39)29(42-18(2)22-14-20(40-5)15-35(22)3)33-27(32-28)25-21-9-8-12-31(26(21)34-43-25)11-7-6-10-23(31)38/h17-20,22H,6-16H2,1-5H3/t17-,18-,19+,20+,22-,31+/m0/s1. The van der Waals surface area contributed by atoms with Crippen molar-refractivity contribution >= 4 is 16.9 Å². The van der Waals surface area contributed by atoms with E-state index in [1.54, 1.807) is 23.3 Å². The molecule has 0 N–H and O–H groups in total. The van der Waals surface area contributed by atoms with E-state index in [4.69, 9.17) is 28.7 Å². The van der Waals surface area contributed by atoms with E-state index in [-0.39, 0.29) is 41.9 Å². The number of ketones is 1. The maximum Gasteiger partial charge on any atom is 0.330 e. The minimum Gasteiger partial charge on any atom is -0.471 e. The van der Waals surface area contributed by atoms with Crippen molar-refractivity contribution in [3.05, 3.63) is 21.7 Å². The summed E-state index contributed by atoms with van der Waals surface area (Å²) in [6.45, 7) is 5.29. The monoisotopic (exact) mass is 594 g/mol. The van der Waals surface area contributed by atoms with Gasteiger partial charge in [0.2, 0.25) is 17.5 Å². The summed E-state index contributed by atoms with van der Waals surface area (Å²) in [6.07, 6.45) is 7.19. The van der Waals surface area contributed by atoms with E-state index >= 15 is 0 Å². The maximum absolute atomic E-state index is 13.7. The molecule has 1 saturated carbocycles. The fraction of sp³-hybridized carbons (Fsp3) is 0.710. The van der Waals surface area contributed by atoms with Crippen molar-refractivity contribution in [2.45, 2.75) is 107 Å². The Morgan fingerprint density at radius 1 is 1.07 bits per heavy atom. The number of likely N-dealkylation sites (tertiary alicyclic amines) is 1. The molecule has 2 aliphatic carbocycles.